The van der Waals surface area contributed by atoms with Gasteiger partial charge in [0.25, 0.3) is 6.03 Å². The largest absolute Gasteiger partial charge is 0.381 e. The Balaban J connectivity index is 3.91. The van der Waals surface area contributed by atoms with Gasteiger partial charge >= 0.3 is 7.60 Å². The molecule has 0 heterocycles. The van der Waals surface area contributed by atoms with Gasteiger partial charge in [0, 0.05) is 0 Å². The molecule has 6 heteroatoms. The van der Waals surface area contributed by atoms with Crippen molar-refractivity contribution in [2.24, 2.45) is 0 Å². The predicted octanol–water partition coefficient (Wildman–Crippen LogP) is 2.08. The lowest BCUT2D eigenvalue weighted by molar-refractivity contribution is -0.102. The van der Waals surface area contributed by atoms with Crippen molar-refractivity contribution in [3.8, 4) is 0 Å². The van der Waals surface area contributed by atoms with Gasteiger partial charge in [0.05, 0.1) is 13.2 Å². The molecule has 0 radical (unpaired) electrons. The lowest BCUT2D eigenvalue weighted by Gasteiger charge is -2.19. The third kappa shape index (κ3) is 7.94. The summed E-state index contributed by atoms with van der Waals surface area (Å²) >= 11 is 0. The van der Waals surface area contributed by atoms with Crippen LogP contribution in [0.4, 0.5) is 0 Å². The lowest BCUT2D eigenvalue weighted by Crippen LogP contribution is -2.19. The van der Waals surface area contributed by atoms with Crippen LogP contribution in [0.3, 0.4) is 0 Å². The van der Waals surface area contributed by atoms with Gasteiger partial charge in [-0.25, -0.2) is 0 Å². The molecular formula is C9H21O5P. The fourth-order valence-electron chi connectivity index (χ4n) is 0.899. The van der Waals surface area contributed by atoms with E-state index in [1.807, 2.05) is 13.8 Å². The number of hydrogen-bond donors (Lipinski definition) is 2. The summed E-state index contributed by atoms with van der Waals surface area (Å²) in [5.41, 5.74) is 0. The molecule has 0 saturated heterocycles. The van der Waals surface area contributed by atoms with E-state index < -0.39 is 13.6 Å². The molecule has 0 atom stereocenters. The van der Waals surface area contributed by atoms with Crippen molar-refractivity contribution in [3.63, 3.8) is 0 Å². The molecule has 0 aliphatic heterocycles. The number of unbranched alkanes of at least 4 members (excludes halogenated alkanes) is 2. The molecule has 0 amide bonds. The standard InChI is InChI=1S/C9H21O5P/c1-3-5-7-13-9(15(10,11)12)14-8-6-4-2/h9H,3-8H2,1-2H3,(H2,10,11,12). The zero-order chi connectivity index (χ0) is 11.7. The highest BCUT2D eigenvalue weighted by Crippen LogP contribution is 2.42. The van der Waals surface area contributed by atoms with Gasteiger partial charge in [-0.15, -0.1) is 0 Å². The molecule has 0 bridgehead atoms. The first kappa shape index (κ1) is 15.1. The Morgan fingerprint density at radius 2 is 1.47 bits per heavy atom. The quantitative estimate of drug-likeness (QED) is 0.366. The summed E-state index contributed by atoms with van der Waals surface area (Å²) in [6, 6.07) is -1.39. The predicted molar refractivity (Wildman–Crippen MR) is 57.6 cm³/mol. The zero-order valence-corrected chi connectivity index (χ0v) is 10.3. The first-order chi connectivity index (χ1) is 7.02. The van der Waals surface area contributed by atoms with Crippen LogP contribution in [0.2, 0.25) is 0 Å². The van der Waals surface area contributed by atoms with Crippen LogP contribution in [0.5, 0.6) is 0 Å². The van der Waals surface area contributed by atoms with E-state index in [-0.39, 0.29) is 0 Å². The number of hydrogen-bond acceptors (Lipinski definition) is 3. The van der Waals surface area contributed by atoms with Crippen molar-refractivity contribution in [3.05, 3.63) is 0 Å². The van der Waals surface area contributed by atoms with E-state index in [9.17, 15) is 4.57 Å². The molecule has 0 aliphatic carbocycles. The summed E-state index contributed by atoms with van der Waals surface area (Å²) in [5, 5.41) is 0. The van der Waals surface area contributed by atoms with Gasteiger partial charge in [0.15, 0.2) is 0 Å². The van der Waals surface area contributed by atoms with Gasteiger partial charge in [-0.2, -0.15) is 0 Å². The topological polar surface area (TPSA) is 76.0 Å². The van der Waals surface area contributed by atoms with Crippen LogP contribution in [0.25, 0.3) is 0 Å². The van der Waals surface area contributed by atoms with Crippen LogP contribution < -0.4 is 0 Å². The highest BCUT2D eigenvalue weighted by atomic mass is 31.2. The molecule has 0 aliphatic rings. The Morgan fingerprint density at radius 1 is 1.07 bits per heavy atom. The van der Waals surface area contributed by atoms with Gasteiger partial charge in [0.2, 0.25) is 0 Å². The molecule has 15 heavy (non-hydrogen) atoms. The molecule has 0 saturated carbocycles. The molecule has 0 aromatic carbocycles. The summed E-state index contributed by atoms with van der Waals surface area (Å²) < 4.78 is 21.0. The van der Waals surface area contributed by atoms with E-state index in [0.717, 1.165) is 25.7 Å². The maximum Gasteiger partial charge on any atom is 0.381 e. The average Bonchev–Trinajstić information content (AvgIpc) is 2.14. The minimum Gasteiger partial charge on any atom is -0.343 e. The molecular weight excluding hydrogens is 219 g/mol. The van der Waals surface area contributed by atoms with Gasteiger partial charge in [-0.05, 0) is 12.8 Å². The van der Waals surface area contributed by atoms with E-state index in [1.165, 1.54) is 0 Å². The smallest absolute Gasteiger partial charge is 0.343 e. The van der Waals surface area contributed by atoms with Crippen molar-refractivity contribution < 1.29 is 23.8 Å². The van der Waals surface area contributed by atoms with Crippen molar-refractivity contribution in [2.45, 2.75) is 45.6 Å². The Kier molecular flexibility index (Phi) is 8.29. The van der Waals surface area contributed by atoms with Crippen LogP contribution in [0.15, 0.2) is 0 Å². The summed E-state index contributed by atoms with van der Waals surface area (Å²) in [5.74, 6) is 0. The first-order valence-corrected chi connectivity index (χ1v) is 6.99. The van der Waals surface area contributed by atoms with Crippen molar-refractivity contribution in [1.29, 1.82) is 0 Å². The van der Waals surface area contributed by atoms with Gasteiger partial charge < -0.3 is 19.3 Å². The molecule has 2 N–H and O–H groups in total. The lowest BCUT2D eigenvalue weighted by atomic mass is 10.4. The summed E-state index contributed by atoms with van der Waals surface area (Å²) in [4.78, 5) is 17.9. The molecule has 0 rings (SSSR count). The van der Waals surface area contributed by atoms with Crippen LogP contribution in [-0.4, -0.2) is 29.0 Å². The second kappa shape index (κ2) is 8.25. The summed E-state index contributed by atoms with van der Waals surface area (Å²) in [7, 11) is -4.30. The van der Waals surface area contributed by atoms with Crippen LogP contribution in [0, 0.1) is 0 Å². The van der Waals surface area contributed by atoms with Crippen molar-refractivity contribution >= 4 is 7.60 Å². The monoisotopic (exact) mass is 240 g/mol. The SMILES string of the molecule is CCCCOC(OCCCC)P(=O)(O)O. The van der Waals surface area contributed by atoms with E-state index in [2.05, 4.69) is 0 Å². The average molecular weight is 240 g/mol. The molecule has 5 nitrogen and oxygen atoms in total. The van der Waals surface area contributed by atoms with Crippen molar-refractivity contribution in [1.82, 2.24) is 0 Å². The number of rotatable bonds is 9. The van der Waals surface area contributed by atoms with E-state index in [0.29, 0.717) is 13.2 Å². The second-order valence-corrected chi connectivity index (χ2v) is 4.94. The third-order valence-corrected chi connectivity index (χ3v) is 2.64. The normalized spacial score (nSPS) is 12.3. The number of ether oxygens (including phenoxy) is 2. The Morgan fingerprint density at radius 3 is 1.73 bits per heavy atom. The maximum atomic E-state index is 11.0. The maximum absolute atomic E-state index is 11.0. The first-order valence-electron chi connectivity index (χ1n) is 5.30. The summed E-state index contributed by atoms with van der Waals surface area (Å²) in [6.07, 6.45) is 3.38. The highest BCUT2D eigenvalue weighted by molar-refractivity contribution is 7.52. The van der Waals surface area contributed by atoms with Gasteiger partial charge in [0.1, 0.15) is 0 Å². The van der Waals surface area contributed by atoms with Crippen LogP contribution in [0.1, 0.15) is 39.5 Å². The summed E-state index contributed by atoms with van der Waals surface area (Å²) in [6.45, 7) is 4.60. The highest BCUT2D eigenvalue weighted by Gasteiger charge is 2.30. The van der Waals surface area contributed by atoms with Gasteiger partial charge in [-0.3, -0.25) is 4.57 Å². The van der Waals surface area contributed by atoms with Gasteiger partial charge in [-0.1, -0.05) is 26.7 Å². The van der Waals surface area contributed by atoms with E-state index in [4.69, 9.17) is 19.3 Å². The fraction of sp³-hybridized carbons (Fsp3) is 1.00. The van der Waals surface area contributed by atoms with Crippen molar-refractivity contribution in [2.75, 3.05) is 13.2 Å². The Hall–Kier alpha value is 0.0700. The molecule has 92 valence electrons. The molecule has 0 unspecified atom stereocenters. The minimum absolute atomic E-state index is 0.318. The second-order valence-electron chi connectivity index (χ2n) is 3.34. The van der Waals surface area contributed by atoms with Crippen LogP contribution >= 0.6 is 7.60 Å². The Labute approximate surface area is 90.9 Å². The fourth-order valence-corrected chi connectivity index (χ4v) is 1.50. The van der Waals surface area contributed by atoms with Crippen LogP contribution in [-0.2, 0) is 14.0 Å². The molecule has 0 fully saturated rings. The molecule has 0 aromatic rings. The molecule has 0 aromatic heterocycles. The molecule has 0 spiro atoms. The Bertz CT molecular complexity index is 181. The van der Waals surface area contributed by atoms with E-state index >= 15 is 0 Å². The van der Waals surface area contributed by atoms with E-state index in [1.54, 1.807) is 0 Å². The zero-order valence-electron chi connectivity index (χ0n) is 9.39. The minimum atomic E-state index is -4.30. The third-order valence-electron chi connectivity index (χ3n) is 1.79.